The lowest BCUT2D eigenvalue weighted by molar-refractivity contribution is -0.133. The van der Waals surface area contributed by atoms with E-state index < -0.39 is 6.17 Å². The molecule has 4 fully saturated rings. The Bertz CT molecular complexity index is 796. The van der Waals surface area contributed by atoms with Crippen LogP contribution >= 0.6 is 11.8 Å². The van der Waals surface area contributed by atoms with Crippen LogP contribution in [-0.4, -0.2) is 28.0 Å². The van der Waals surface area contributed by atoms with Gasteiger partial charge in [0.2, 0.25) is 0 Å². The van der Waals surface area contributed by atoms with Crippen LogP contribution in [0.2, 0.25) is 0 Å². The molecule has 1 aromatic heterocycles. The summed E-state index contributed by atoms with van der Waals surface area (Å²) in [5, 5.41) is 4.38. The number of alkyl halides is 1. The highest BCUT2D eigenvalue weighted by atomic mass is 32.2. The molecule has 5 heteroatoms. The maximum atomic E-state index is 15.3. The smallest absolute Gasteiger partial charge is 0.157 e. The van der Waals surface area contributed by atoms with Crippen LogP contribution in [0.5, 0.6) is 0 Å². The van der Waals surface area contributed by atoms with Crippen molar-refractivity contribution >= 4 is 17.5 Å². The van der Waals surface area contributed by atoms with Crippen LogP contribution in [0, 0.1) is 46.8 Å². The van der Waals surface area contributed by atoms with Crippen LogP contribution in [0.25, 0.3) is 0 Å². The van der Waals surface area contributed by atoms with Gasteiger partial charge in [-0.1, -0.05) is 20.3 Å². The first kappa shape index (κ1) is 21.0. The summed E-state index contributed by atoms with van der Waals surface area (Å²) in [6.45, 7) is 5.06. The van der Waals surface area contributed by atoms with Crippen LogP contribution < -0.4 is 0 Å². The molecule has 9 unspecified atom stereocenters. The van der Waals surface area contributed by atoms with Gasteiger partial charge in [0.05, 0.1) is 12.7 Å². The minimum Gasteiger partial charge on any atom is -0.297 e. The Labute approximate surface area is 184 Å². The number of aromatic nitrogens is 2. The Balaban J connectivity index is 1.32. The van der Waals surface area contributed by atoms with E-state index in [9.17, 15) is 4.79 Å². The van der Waals surface area contributed by atoms with Crippen molar-refractivity contribution in [2.75, 3.05) is 6.26 Å². The van der Waals surface area contributed by atoms with Crippen LogP contribution in [0.15, 0.2) is 17.3 Å². The molecule has 166 valence electrons. The van der Waals surface area contributed by atoms with Crippen molar-refractivity contribution in [1.82, 2.24) is 9.78 Å². The summed E-state index contributed by atoms with van der Waals surface area (Å²) >= 11 is 1.66. The van der Waals surface area contributed by atoms with E-state index in [0.717, 1.165) is 37.0 Å². The third kappa shape index (κ3) is 3.38. The van der Waals surface area contributed by atoms with Crippen molar-refractivity contribution in [1.29, 1.82) is 0 Å². The zero-order chi connectivity index (χ0) is 21.0. The molecule has 0 aromatic carbocycles. The van der Waals surface area contributed by atoms with Gasteiger partial charge in [0, 0.05) is 17.0 Å². The normalized spacial score (nSPS) is 45.5. The molecule has 0 bridgehead atoms. The third-order valence-corrected chi connectivity index (χ3v) is 10.5. The molecule has 30 heavy (non-hydrogen) atoms. The molecule has 1 heterocycles. The lowest BCUT2D eigenvalue weighted by Crippen LogP contribution is -2.52. The molecule has 0 aliphatic heterocycles. The molecule has 5 rings (SSSR count). The summed E-state index contributed by atoms with van der Waals surface area (Å²) in [4.78, 5) is 14.4. The first-order valence-corrected chi connectivity index (χ1v) is 13.4. The SMILES string of the molecule is CSc1cnn(CC(=O)C2CCC3C4CC(F)C5CC(C)CCC5C4CCC23C)c1. The molecule has 0 amide bonds. The maximum Gasteiger partial charge on any atom is 0.157 e. The van der Waals surface area contributed by atoms with Gasteiger partial charge < -0.3 is 0 Å². The fourth-order valence-electron chi connectivity index (χ4n) is 8.35. The Kier molecular flexibility index (Phi) is 5.56. The van der Waals surface area contributed by atoms with E-state index in [1.807, 2.05) is 23.3 Å². The summed E-state index contributed by atoms with van der Waals surface area (Å²) in [6, 6.07) is 0. The van der Waals surface area contributed by atoms with Crippen LogP contribution in [0.4, 0.5) is 4.39 Å². The predicted molar refractivity (Wildman–Crippen MR) is 119 cm³/mol. The molecule has 0 spiro atoms. The van der Waals surface area contributed by atoms with Crippen molar-refractivity contribution < 1.29 is 9.18 Å². The molecule has 4 saturated carbocycles. The maximum absolute atomic E-state index is 15.3. The first-order valence-electron chi connectivity index (χ1n) is 12.1. The number of nitrogens with zero attached hydrogens (tertiary/aromatic N) is 2. The van der Waals surface area contributed by atoms with Crippen LogP contribution in [0.1, 0.15) is 65.2 Å². The number of hydrogen-bond acceptors (Lipinski definition) is 3. The second kappa shape index (κ2) is 7.94. The molecule has 3 nitrogen and oxygen atoms in total. The average Bonchev–Trinajstić information content (AvgIpc) is 3.32. The summed E-state index contributed by atoms with van der Waals surface area (Å²) in [7, 11) is 0. The number of halogens is 1. The molecule has 1 aromatic rings. The summed E-state index contributed by atoms with van der Waals surface area (Å²) in [5.74, 6) is 3.79. The largest absolute Gasteiger partial charge is 0.297 e. The minimum absolute atomic E-state index is 0.0578. The van der Waals surface area contributed by atoms with E-state index in [-0.39, 0.29) is 11.3 Å². The molecule has 0 N–H and O–H groups in total. The topological polar surface area (TPSA) is 34.9 Å². The molecule has 4 aliphatic rings. The minimum atomic E-state index is -0.620. The third-order valence-electron chi connectivity index (χ3n) is 9.77. The molecule has 4 aliphatic carbocycles. The van der Waals surface area contributed by atoms with Crippen molar-refractivity contribution in [3.8, 4) is 0 Å². The highest BCUT2D eigenvalue weighted by Crippen LogP contribution is 2.64. The number of Topliss-reactive ketones (excluding diaryl/α,β-unsaturated/α-hetero) is 1. The summed E-state index contributed by atoms with van der Waals surface area (Å²) in [5.41, 5.74) is 0.0578. The highest BCUT2D eigenvalue weighted by molar-refractivity contribution is 7.98. The molecule has 0 saturated heterocycles. The van der Waals surface area contributed by atoms with Crippen molar-refractivity contribution in [3.63, 3.8) is 0 Å². The van der Waals surface area contributed by atoms with Crippen molar-refractivity contribution in [3.05, 3.63) is 12.4 Å². The van der Waals surface area contributed by atoms with E-state index in [1.165, 1.54) is 19.3 Å². The van der Waals surface area contributed by atoms with Gasteiger partial charge in [-0.3, -0.25) is 9.48 Å². The number of hydrogen-bond donors (Lipinski definition) is 0. The van der Waals surface area contributed by atoms with E-state index in [1.54, 1.807) is 11.8 Å². The highest BCUT2D eigenvalue weighted by Gasteiger charge is 2.59. The fourth-order valence-corrected chi connectivity index (χ4v) is 8.73. The molecule has 0 radical (unpaired) electrons. The zero-order valence-corrected chi connectivity index (χ0v) is 19.5. The van der Waals surface area contributed by atoms with Gasteiger partial charge in [0.15, 0.2) is 5.78 Å². The average molecular weight is 433 g/mol. The number of carbonyl (C=O) groups is 1. The van der Waals surface area contributed by atoms with Gasteiger partial charge in [-0.15, -0.1) is 11.8 Å². The number of fused-ring (bicyclic) bond motifs is 5. The van der Waals surface area contributed by atoms with Crippen molar-refractivity contribution in [2.24, 2.45) is 46.8 Å². The van der Waals surface area contributed by atoms with Gasteiger partial charge >= 0.3 is 0 Å². The number of rotatable bonds is 4. The monoisotopic (exact) mass is 432 g/mol. The Morgan fingerprint density at radius 2 is 1.97 bits per heavy atom. The Morgan fingerprint density at radius 1 is 1.17 bits per heavy atom. The van der Waals surface area contributed by atoms with E-state index in [4.69, 9.17) is 0 Å². The van der Waals surface area contributed by atoms with Gasteiger partial charge in [0.25, 0.3) is 0 Å². The van der Waals surface area contributed by atoms with Gasteiger partial charge in [-0.05, 0) is 92.1 Å². The molecule has 9 atom stereocenters. The van der Waals surface area contributed by atoms with E-state index in [0.29, 0.717) is 47.8 Å². The predicted octanol–water partition coefficient (Wildman–Crippen LogP) is 6.03. The van der Waals surface area contributed by atoms with Crippen LogP contribution in [-0.2, 0) is 11.3 Å². The first-order chi connectivity index (χ1) is 14.4. The second-order valence-corrected chi connectivity index (χ2v) is 12.0. The number of ketones is 1. The lowest BCUT2D eigenvalue weighted by atomic mass is 9.49. The quantitative estimate of drug-likeness (QED) is 0.545. The fraction of sp³-hybridized carbons (Fsp3) is 0.840. The van der Waals surface area contributed by atoms with E-state index in [2.05, 4.69) is 18.9 Å². The van der Waals surface area contributed by atoms with Crippen molar-refractivity contribution in [2.45, 2.75) is 82.8 Å². The number of thioether (sulfide) groups is 1. The second-order valence-electron chi connectivity index (χ2n) is 11.2. The Morgan fingerprint density at radius 3 is 2.73 bits per heavy atom. The molecular formula is C25H37FN2OS. The standard InChI is InChI=1S/C25H37FN2OS/c1-15-4-5-17-18-8-9-25(2)21(19(18)11-23(26)20(17)10-15)6-7-22(25)24(29)14-28-13-16(30-3)12-27-28/h12-13,15,17-23H,4-11,14H2,1-3H3. The number of carbonyl (C=O) groups excluding carboxylic acids is 1. The zero-order valence-electron chi connectivity index (χ0n) is 18.7. The van der Waals surface area contributed by atoms with Gasteiger partial charge in [-0.2, -0.15) is 5.10 Å². The summed E-state index contributed by atoms with van der Waals surface area (Å²) < 4.78 is 17.2. The van der Waals surface area contributed by atoms with Gasteiger partial charge in [0.1, 0.15) is 6.17 Å². The van der Waals surface area contributed by atoms with E-state index >= 15 is 4.39 Å². The summed E-state index contributed by atoms with van der Waals surface area (Å²) in [6.07, 6.45) is 14.1. The lowest BCUT2D eigenvalue weighted by Gasteiger charge is -2.56. The van der Waals surface area contributed by atoms with Crippen LogP contribution in [0.3, 0.4) is 0 Å². The van der Waals surface area contributed by atoms with Gasteiger partial charge in [-0.25, -0.2) is 4.39 Å². The molecular weight excluding hydrogens is 395 g/mol. The Hall–Kier alpha value is -0.840.